The van der Waals surface area contributed by atoms with Crippen molar-refractivity contribution in [2.75, 3.05) is 13.7 Å². The number of methoxy groups -OCH3 is 1. The Morgan fingerprint density at radius 2 is 1.90 bits per heavy atom. The Kier molecular flexibility index (Phi) is 7.91. The summed E-state index contributed by atoms with van der Waals surface area (Å²) >= 11 is 0. The van der Waals surface area contributed by atoms with Gasteiger partial charge < -0.3 is 20.1 Å². The maximum Gasteiger partial charge on any atom is 0.408 e. The number of hydrogen-bond acceptors (Lipinski definition) is 5. The van der Waals surface area contributed by atoms with Crippen LogP contribution in [0, 0.1) is 12.3 Å². The van der Waals surface area contributed by atoms with Crippen LogP contribution in [-0.2, 0) is 19.1 Å². The molecular formula is C14H22N2O5. The Balaban J connectivity index is 4.47. The van der Waals surface area contributed by atoms with Crippen LogP contribution in [0.1, 0.15) is 33.6 Å². The zero-order chi connectivity index (χ0) is 16.5. The van der Waals surface area contributed by atoms with Crippen molar-refractivity contribution in [3.63, 3.8) is 0 Å². The molecule has 2 N–H and O–H groups in total. The molecule has 0 bridgehead atoms. The van der Waals surface area contributed by atoms with Gasteiger partial charge in [-0.15, -0.1) is 6.42 Å². The normalized spacial score (nSPS) is 11.8. The first kappa shape index (κ1) is 18.8. The third-order valence-electron chi connectivity index (χ3n) is 2.22. The minimum absolute atomic E-state index is 0.0250. The molecule has 0 unspecified atom stereocenters. The molecule has 0 heterocycles. The first-order chi connectivity index (χ1) is 9.69. The average molecular weight is 298 g/mol. The topological polar surface area (TPSA) is 93.7 Å². The fourth-order valence-electron chi connectivity index (χ4n) is 1.35. The van der Waals surface area contributed by atoms with Gasteiger partial charge in [-0.2, -0.15) is 0 Å². The molecule has 0 aliphatic carbocycles. The van der Waals surface area contributed by atoms with Crippen molar-refractivity contribution >= 4 is 18.0 Å². The van der Waals surface area contributed by atoms with Crippen molar-refractivity contribution in [3.8, 4) is 12.3 Å². The van der Waals surface area contributed by atoms with E-state index in [0.717, 1.165) is 0 Å². The second-order valence-corrected chi connectivity index (χ2v) is 5.24. The van der Waals surface area contributed by atoms with E-state index in [1.54, 1.807) is 20.8 Å². The number of rotatable bonds is 6. The minimum Gasteiger partial charge on any atom is -0.467 e. The molecule has 0 aromatic carbocycles. The number of ether oxygens (including phenoxy) is 2. The van der Waals surface area contributed by atoms with Gasteiger partial charge in [0.15, 0.2) is 0 Å². The molecule has 2 amide bonds. The number of terminal acetylenes is 1. The van der Waals surface area contributed by atoms with Crippen molar-refractivity contribution in [3.05, 3.63) is 0 Å². The van der Waals surface area contributed by atoms with E-state index in [4.69, 9.17) is 11.2 Å². The summed E-state index contributed by atoms with van der Waals surface area (Å²) in [5.74, 6) is 1.31. The predicted molar refractivity (Wildman–Crippen MR) is 76.3 cm³/mol. The Morgan fingerprint density at radius 1 is 1.29 bits per heavy atom. The van der Waals surface area contributed by atoms with Crippen LogP contribution in [-0.4, -0.2) is 43.3 Å². The molecule has 0 spiro atoms. The summed E-state index contributed by atoms with van der Waals surface area (Å²) in [6.07, 6.45) is 4.38. The monoisotopic (exact) mass is 298 g/mol. The van der Waals surface area contributed by atoms with Crippen molar-refractivity contribution in [1.29, 1.82) is 0 Å². The van der Waals surface area contributed by atoms with Crippen molar-refractivity contribution in [2.45, 2.75) is 45.3 Å². The summed E-state index contributed by atoms with van der Waals surface area (Å²) in [7, 11) is 1.20. The number of alkyl carbamates (subject to hydrolysis) is 1. The van der Waals surface area contributed by atoms with Gasteiger partial charge in [-0.05, 0) is 27.2 Å². The van der Waals surface area contributed by atoms with Crippen LogP contribution in [0.3, 0.4) is 0 Å². The van der Waals surface area contributed by atoms with E-state index < -0.39 is 23.7 Å². The maximum atomic E-state index is 11.6. The quantitative estimate of drug-likeness (QED) is 0.553. The van der Waals surface area contributed by atoms with E-state index in [2.05, 4.69) is 21.3 Å². The van der Waals surface area contributed by atoms with E-state index in [-0.39, 0.29) is 25.3 Å². The largest absolute Gasteiger partial charge is 0.467 e. The SMILES string of the molecule is C#CCNC(=O)CC[C@H](NC(=O)OC(C)(C)C)C(=O)OC. The molecule has 7 nitrogen and oxygen atoms in total. The smallest absolute Gasteiger partial charge is 0.408 e. The van der Waals surface area contributed by atoms with Gasteiger partial charge in [0, 0.05) is 6.42 Å². The summed E-state index contributed by atoms with van der Waals surface area (Å²) in [6.45, 7) is 5.22. The second-order valence-electron chi connectivity index (χ2n) is 5.24. The fourth-order valence-corrected chi connectivity index (χ4v) is 1.35. The van der Waals surface area contributed by atoms with Gasteiger partial charge in [-0.25, -0.2) is 9.59 Å². The lowest BCUT2D eigenvalue weighted by Gasteiger charge is -2.22. The first-order valence-electron chi connectivity index (χ1n) is 6.47. The zero-order valence-corrected chi connectivity index (χ0v) is 12.8. The minimum atomic E-state index is -0.957. The van der Waals surface area contributed by atoms with Gasteiger partial charge in [-0.3, -0.25) is 4.79 Å². The summed E-state index contributed by atoms with van der Waals surface area (Å²) in [6, 6.07) is -0.957. The second kappa shape index (κ2) is 8.84. The molecular weight excluding hydrogens is 276 g/mol. The van der Waals surface area contributed by atoms with Gasteiger partial charge in [0.1, 0.15) is 11.6 Å². The maximum absolute atomic E-state index is 11.6. The van der Waals surface area contributed by atoms with E-state index in [9.17, 15) is 14.4 Å². The highest BCUT2D eigenvalue weighted by molar-refractivity contribution is 5.82. The summed E-state index contributed by atoms with van der Waals surface area (Å²) in [5, 5.41) is 4.84. The van der Waals surface area contributed by atoms with E-state index in [0.29, 0.717) is 0 Å². The van der Waals surface area contributed by atoms with Gasteiger partial charge in [0.25, 0.3) is 0 Å². The van der Waals surface area contributed by atoms with Crippen molar-refractivity contribution in [1.82, 2.24) is 10.6 Å². The van der Waals surface area contributed by atoms with Gasteiger partial charge in [-0.1, -0.05) is 5.92 Å². The Hall–Kier alpha value is -2.23. The van der Waals surface area contributed by atoms with E-state index >= 15 is 0 Å². The van der Waals surface area contributed by atoms with Crippen LogP contribution in [0.5, 0.6) is 0 Å². The molecule has 118 valence electrons. The Bertz CT molecular complexity index is 420. The number of nitrogens with one attached hydrogen (secondary N) is 2. The fraction of sp³-hybridized carbons (Fsp3) is 0.643. The van der Waals surface area contributed by atoms with Crippen LogP contribution in [0.25, 0.3) is 0 Å². The molecule has 0 radical (unpaired) electrons. The molecule has 0 saturated carbocycles. The Morgan fingerprint density at radius 3 is 2.38 bits per heavy atom. The highest BCUT2D eigenvalue weighted by atomic mass is 16.6. The molecule has 0 saturated heterocycles. The van der Waals surface area contributed by atoms with Gasteiger partial charge in [0.05, 0.1) is 13.7 Å². The average Bonchev–Trinajstić information content (AvgIpc) is 2.37. The molecule has 0 aliphatic heterocycles. The molecule has 7 heteroatoms. The lowest BCUT2D eigenvalue weighted by atomic mass is 10.1. The molecule has 0 aliphatic rings. The summed E-state index contributed by atoms with van der Waals surface area (Å²) in [5.41, 5.74) is -0.686. The van der Waals surface area contributed by atoms with Crippen molar-refractivity contribution in [2.24, 2.45) is 0 Å². The van der Waals surface area contributed by atoms with Crippen LogP contribution in [0.15, 0.2) is 0 Å². The lowest BCUT2D eigenvalue weighted by Crippen LogP contribution is -2.44. The summed E-state index contributed by atoms with van der Waals surface area (Å²) in [4.78, 5) is 34.7. The molecule has 0 aromatic rings. The third-order valence-corrected chi connectivity index (χ3v) is 2.22. The van der Waals surface area contributed by atoms with Crippen LogP contribution in [0.2, 0.25) is 0 Å². The van der Waals surface area contributed by atoms with Gasteiger partial charge in [0.2, 0.25) is 5.91 Å². The lowest BCUT2D eigenvalue weighted by molar-refractivity contribution is -0.143. The predicted octanol–water partition coefficient (Wildman–Crippen LogP) is 0.582. The van der Waals surface area contributed by atoms with Gasteiger partial charge >= 0.3 is 12.1 Å². The highest BCUT2D eigenvalue weighted by Crippen LogP contribution is 2.08. The third kappa shape index (κ3) is 9.32. The van der Waals surface area contributed by atoms with Crippen molar-refractivity contribution < 1.29 is 23.9 Å². The molecule has 0 fully saturated rings. The standard InChI is InChI=1S/C14H22N2O5/c1-6-9-15-11(17)8-7-10(12(18)20-5)16-13(19)21-14(2,3)4/h1,10H,7-9H2,2-5H3,(H,15,17)(H,16,19)/t10-/m0/s1. The molecule has 0 rings (SSSR count). The number of carbonyl (C=O) groups is 3. The number of esters is 1. The number of amides is 2. The number of carbonyl (C=O) groups excluding carboxylic acids is 3. The van der Waals surface area contributed by atoms with E-state index in [1.807, 2.05) is 0 Å². The molecule has 0 aromatic heterocycles. The van der Waals surface area contributed by atoms with Crippen LogP contribution in [0.4, 0.5) is 4.79 Å². The highest BCUT2D eigenvalue weighted by Gasteiger charge is 2.25. The number of hydrogen-bond donors (Lipinski definition) is 2. The van der Waals surface area contributed by atoms with Crippen LogP contribution < -0.4 is 10.6 Å². The van der Waals surface area contributed by atoms with E-state index in [1.165, 1.54) is 7.11 Å². The Labute approximate surface area is 124 Å². The first-order valence-corrected chi connectivity index (χ1v) is 6.47. The molecule has 21 heavy (non-hydrogen) atoms. The summed E-state index contributed by atoms with van der Waals surface area (Å²) < 4.78 is 9.63. The van der Waals surface area contributed by atoms with Crippen LogP contribution >= 0.6 is 0 Å². The molecule has 1 atom stereocenters. The zero-order valence-electron chi connectivity index (χ0n) is 12.8.